The first-order valence-corrected chi connectivity index (χ1v) is 5.11. The van der Waals surface area contributed by atoms with Crippen LogP contribution in [0.1, 0.15) is 5.69 Å². The highest BCUT2D eigenvalue weighted by atomic mass is 19.4. The number of nitrogens with one attached hydrogen (secondary N) is 1. The zero-order valence-corrected chi connectivity index (χ0v) is 9.12. The lowest BCUT2D eigenvalue weighted by Crippen LogP contribution is -2.29. The number of ether oxygens (including phenoxy) is 1. The van der Waals surface area contributed by atoms with Gasteiger partial charge in [-0.3, -0.25) is 4.98 Å². The molecule has 1 aliphatic heterocycles. The Balaban J connectivity index is 2.14. The van der Waals surface area contributed by atoms with Gasteiger partial charge in [0.05, 0.1) is 5.69 Å². The van der Waals surface area contributed by atoms with Crippen molar-refractivity contribution in [2.24, 2.45) is 0 Å². The molecule has 1 aliphatic rings. The molecule has 0 radical (unpaired) electrons. The summed E-state index contributed by atoms with van der Waals surface area (Å²) in [6.07, 6.45) is -1.48. The summed E-state index contributed by atoms with van der Waals surface area (Å²) in [6.45, 7) is 0.656. The van der Waals surface area contributed by atoms with Gasteiger partial charge in [-0.15, -0.1) is 0 Å². The summed E-state index contributed by atoms with van der Waals surface area (Å²) >= 11 is 0. The van der Waals surface area contributed by atoms with Gasteiger partial charge in [-0.05, 0) is 23.9 Å². The summed E-state index contributed by atoms with van der Waals surface area (Å²) in [5.41, 5.74) is 1.29. The third kappa shape index (κ3) is 2.79. The van der Waals surface area contributed by atoms with Gasteiger partial charge in [0.15, 0.2) is 5.75 Å². The van der Waals surface area contributed by atoms with Crippen LogP contribution in [0.3, 0.4) is 0 Å². The molecule has 0 amide bonds. The minimum absolute atomic E-state index is 0.160. The molecule has 0 atom stereocenters. The second-order valence-electron chi connectivity index (χ2n) is 3.70. The predicted octanol–water partition coefficient (Wildman–Crippen LogP) is 1.58. The molecule has 2 rings (SSSR count). The van der Waals surface area contributed by atoms with Crippen LogP contribution in [-0.2, 0) is 11.2 Å². The lowest BCUT2D eigenvalue weighted by molar-refractivity contribution is -0.189. The van der Waals surface area contributed by atoms with Crippen LogP contribution < -0.4 is 10.1 Å². The van der Waals surface area contributed by atoms with Crippen molar-refractivity contribution in [2.45, 2.75) is 12.6 Å². The Morgan fingerprint density at radius 3 is 2.78 bits per heavy atom. The van der Waals surface area contributed by atoms with Gasteiger partial charge < -0.3 is 10.1 Å². The third-order valence-electron chi connectivity index (χ3n) is 2.31. The number of pyridine rings is 1. The van der Waals surface area contributed by atoms with Gasteiger partial charge in [-0.25, -0.2) is 4.79 Å². The highest BCUT2D eigenvalue weighted by Gasteiger charge is 2.41. The lowest BCUT2D eigenvalue weighted by Gasteiger charge is -2.17. The van der Waals surface area contributed by atoms with Crippen LogP contribution in [0.15, 0.2) is 30.1 Å². The Kier molecular flexibility index (Phi) is 3.22. The SMILES string of the molecule is O=C(Oc1cccnc1CC1=CNC1)C(F)(F)F. The molecule has 0 aromatic carbocycles. The summed E-state index contributed by atoms with van der Waals surface area (Å²) in [5.74, 6) is -2.40. The van der Waals surface area contributed by atoms with Gasteiger partial charge in [0.25, 0.3) is 0 Å². The molecule has 0 unspecified atom stereocenters. The topological polar surface area (TPSA) is 51.2 Å². The van der Waals surface area contributed by atoms with Gasteiger partial charge in [-0.2, -0.15) is 13.2 Å². The Hall–Kier alpha value is -2.05. The third-order valence-corrected chi connectivity index (χ3v) is 2.31. The number of hydrogen-bond donors (Lipinski definition) is 1. The average molecular weight is 258 g/mol. The smallest absolute Gasteiger partial charge is 0.418 e. The maximum Gasteiger partial charge on any atom is 0.491 e. The molecule has 0 saturated carbocycles. The number of aromatic nitrogens is 1. The highest BCUT2D eigenvalue weighted by molar-refractivity contribution is 5.78. The standard InChI is InChI=1S/C11H9F3N2O2/c12-11(13,14)10(17)18-9-2-1-3-16-8(9)4-7-5-15-6-7/h1-3,5,15H,4,6H2. The Morgan fingerprint density at radius 1 is 1.50 bits per heavy atom. The van der Waals surface area contributed by atoms with E-state index < -0.39 is 12.1 Å². The maximum absolute atomic E-state index is 12.1. The van der Waals surface area contributed by atoms with E-state index in [4.69, 9.17) is 0 Å². The molecular weight excluding hydrogens is 249 g/mol. The van der Waals surface area contributed by atoms with E-state index in [1.165, 1.54) is 18.3 Å². The quantitative estimate of drug-likeness (QED) is 0.836. The van der Waals surface area contributed by atoms with Crippen molar-refractivity contribution in [3.05, 3.63) is 35.8 Å². The largest absolute Gasteiger partial charge is 0.491 e. The van der Waals surface area contributed by atoms with E-state index in [1.807, 2.05) is 0 Å². The minimum atomic E-state index is -5.01. The predicted molar refractivity (Wildman–Crippen MR) is 55.7 cm³/mol. The molecule has 0 saturated heterocycles. The summed E-state index contributed by atoms with van der Waals surface area (Å²) < 4.78 is 40.6. The zero-order valence-electron chi connectivity index (χ0n) is 9.12. The molecule has 1 aromatic rings. The zero-order chi connectivity index (χ0) is 13.2. The number of rotatable bonds is 3. The molecule has 0 aliphatic carbocycles. The summed E-state index contributed by atoms with van der Waals surface area (Å²) in [7, 11) is 0. The van der Waals surface area contributed by atoms with Crippen molar-refractivity contribution in [1.82, 2.24) is 10.3 Å². The van der Waals surface area contributed by atoms with E-state index in [1.54, 1.807) is 6.20 Å². The van der Waals surface area contributed by atoms with Gasteiger partial charge in [0, 0.05) is 19.2 Å². The highest BCUT2D eigenvalue weighted by Crippen LogP contribution is 2.24. The van der Waals surface area contributed by atoms with Gasteiger partial charge >= 0.3 is 12.1 Å². The molecule has 7 heteroatoms. The van der Waals surface area contributed by atoms with E-state index in [9.17, 15) is 18.0 Å². The Morgan fingerprint density at radius 2 is 2.22 bits per heavy atom. The number of carbonyl (C=O) groups excluding carboxylic acids is 1. The normalized spacial score (nSPS) is 14.3. The van der Waals surface area contributed by atoms with Crippen LogP contribution >= 0.6 is 0 Å². The first-order chi connectivity index (χ1) is 8.47. The van der Waals surface area contributed by atoms with Gasteiger partial charge in [0.2, 0.25) is 0 Å². The molecule has 1 aromatic heterocycles. The Bertz CT molecular complexity index is 497. The number of nitrogens with zero attached hydrogens (tertiary/aromatic N) is 1. The van der Waals surface area contributed by atoms with Gasteiger partial charge in [-0.1, -0.05) is 0 Å². The minimum Gasteiger partial charge on any atom is -0.418 e. The van der Waals surface area contributed by atoms with Crippen molar-refractivity contribution in [1.29, 1.82) is 0 Å². The molecule has 0 bridgehead atoms. The van der Waals surface area contributed by atoms with Crippen LogP contribution in [0.25, 0.3) is 0 Å². The molecule has 18 heavy (non-hydrogen) atoms. The van der Waals surface area contributed by atoms with Crippen LogP contribution in [-0.4, -0.2) is 23.7 Å². The molecule has 4 nitrogen and oxygen atoms in total. The Labute approximate surface area is 100 Å². The van der Waals surface area contributed by atoms with E-state index in [2.05, 4.69) is 15.0 Å². The summed E-state index contributed by atoms with van der Waals surface area (Å²) in [4.78, 5) is 14.7. The van der Waals surface area contributed by atoms with E-state index in [-0.39, 0.29) is 5.75 Å². The van der Waals surface area contributed by atoms with Crippen molar-refractivity contribution in [2.75, 3.05) is 6.54 Å². The second kappa shape index (κ2) is 4.67. The molecule has 1 N–H and O–H groups in total. The lowest BCUT2D eigenvalue weighted by atomic mass is 10.1. The van der Waals surface area contributed by atoms with Crippen LogP contribution in [0.2, 0.25) is 0 Å². The monoisotopic (exact) mass is 258 g/mol. The first kappa shape index (κ1) is 12.4. The number of hydrogen-bond acceptors (Lipinski definition) is 4. The summed E-state index contributed by atoms with van der Waals surface area (Å²) in [5, 5.41) is 2.89. The molecular formula is C11H9F3N2O2. The van der Waals surface area contributed by atoms with E-state index in [0.717, 1.165) is 5.57 Å². The summed E-state index contributed by atoms with van der Waals surface area (Å²) in [6, 6.07) is 2.70. The van der Waals surface area contributed by atoms with Crippen LogP contribution in [0.4, 0.5) is 13.2 Å². The van der Waals surface area contributed by atoms with Crippen LogP contribution in [0.5, 0.6) is 5.75 Å². The molecule has 0 spiro atoms. The fourth-order valence-electron chi connectivity index (χ4n) is 1.38. The number of halogens is 3. The number of alkyl halides is 3. The average Bonchev–Trinajstić information content (AvgIpc) is 2.24. The van der Waals surface area contributed by atoms with Crippen molar-refractivity contribution >= 4 is 5.97 Å². The second-order valence-corrected chi connectivity index (χ2v) is 3.70. The number of esters is 1. The fourth-order valence-corrected chi connectivity index (χ4v) is 1.38. The number of carbonyl (C=O) groups is 1. The van der Waals surface area contributed by atoms with Crippen molar-refractivity contribution in [3.63, 3.8) is 0 Å². The fraction of sp³-hybridized carbons (Fsp3) is 0.273. The molecule has 96 valence electrons. The van der Waals surface area contributed by atoms with Gasteiger partial charge in [0.1, 0.15) is 0 Å². The van der Waals surface area contributed by atoms with Crippen molar-refractivity contribution in [3.8, 4) is 5.75 Å². The first-order valence-electron chi connectivity index (χ1n) is 5.11. The van der Waals surface area contributed by atoms with Crippen molar-refractivity contribution < 1.29 is 22.7 Å². The molecule has 0 fully saturated rings. The van der Waals surface area contributed by atoms with E-state index >= 15 is 0 Å². The molecule has 2 heterocycles. The van der Waals surface area contributed by atoms with Crippen LogP contribution in [0, 0.1) is 0 Å². The maximum atomic E-state index is 12.1. The van der Waals surface area contributed by atoms with E-state index in [0.29, 0.717) is 18.7 Å².